The highest BCUT2D eigenvalue weighted by Crippen LogP contribution is 1.99. The number of nitrogens with one attached hydrogen (secondary N) is 2. The zero-order chi connectivity index (χ0) is 10.4. The molecule has 0 radical (unpaired) electrons. The maximum atomic E-state index is 11.3. The van der Waals surface area contributed by atoms with Gasteiger partial charge in [-0.2, -0.15) is 0 Å². The Labute approximate surface area is 83.7 Å². The molecule has 0 aromatic carbocycles. The molecule has 4 nitrogen and oxygen atoms in total. The average Bonchev–Trinajstić information content (AvgIpc) is 2.19. The lowest BCUT2D eigenvalue weighted by molar-refractivity contribution is 0.249. The molecule has 76 valence electrons. The van der Waals surface area contributed by atoms with Crippen molar-refractivity contribution in [2.75, 3.05) is 5.32 Å². The summed E-state index contributed by atoms with van der Waals surface area (Å²) in [6, 6.07) is 5.34. The van der Waals surface area contributed by atoms with E-state index in [0.29, 0.717) is 5.82 Å². The second-order valence-corrected chi connectivity index (χ2v) is 3.12. The van der Waals surface area contributed by atoms with Gasteiger partial charge < -0.3 is 5.32 Å². The summed E-state index contributed by atoms with van der Waals surface area (Å²) in [4.78, 5) is 15.3. The number of nitrogens with zero attached hydrogens (tertiary/aromatic N) is 1. The van der Waals surface area contributed by atoms with E-state index in [0.717, 1.165) is 6.42 Å². The first kappa shape index (κ1) is 10.5. The first-order valence-corrected chi connectivity index (χ1v) is 4.71. The largest absolute Gasteiger partial charge is 0.335 e. The minimum absolute atomic E-state index is 0.179. The lowest BCUT2D eigenvalue weighted by atomic mass is 10.3. The van der Waals surface area contributed by atoms with E-state index in [-0.39, 0.29) is 12.1 Å². The lowest BCUT2D eigenvalue weighted by Gasteiger charge is -2.11. The van der Waals surface area contributed by atoms with Crippen molar-refractivity contribution in [2.24, 2.45) is 0 Å². The zero-order valence-electron chi connectivity index (χ0n) is 8.45. The standard InChI is InChI=1S/C10H15N3O/c1-3-8(2)12-10(14)13-9-6-4-5-7-11-9/h4-8H,3H2,1-2H3,(H2,11,12,13,14). The van der Waals surface area contributed by atoms with Crippen LogP contribution in [0, 0.1) is 0 Å². The molecule has 1 rings (SSSR count). The predicted molar refractivity (Wildman–Crippen MR) is 56.1 cm³/mol. The van der Waals surface area contributed by atoms with Gasteiger partial charge in [-0.05, 0) is 25.5 Å². The third kappa shape index (κ3) is 3.43. The van der Waals surface area contributed by atoms with Gasteiger partial charge in [-0.25, -0.2) is 9.78 Å². The molecule has 1 unspecified atom stereocenters. The minimum atomic E-state index is -0.210. The second kappa shape index (κ2) is 5.21. The molecule has 2 N–H and O–H groups in total. The van der Waals surface area contributed by atoms with Crippen LogP contribution in [-0.4, -0.2) is 17.1 Å². The van der Waals surface area contributed by atoms with Crippen LogP contribution in [0.15, 0.2) is 24.4 Å². The van der Waals surface area contributed by atoms with Crippen LogP contribution in [-0.2, 0) is 0 Å². The van der Waals surface area contributed by atoms with Crippen molar-refractivity contribution in [1.82, 2.24) is 10.3 Å². The van der Waals surface area contributed by atoms with Crippen molar-refractivity contribution in [3.05, 3.63) is 24.4 Å². The molecule has 1 heterocycles. The van der Waals surface area contributed by atoms with Crippen LogP contribution in [0.1, 0.15) is 20.3 Å². The van der Waals surface area contributed by atoms with Gasteiger partial charge in [0.1, 0.15) is 5.82 Å². The van der Waals surface area contributed by atoms with Gasteiger partial charge in [-0.1, -0.05) is 13.0 Å². The molecule has 0 aliphatic heterocycles. The van der Waals surface area contributed by atoms with Crippen molar-refractivity contribution < 1.29 is 4.79 Å². The number of hydrogen-bond donors (Lipinski definition) is 2. The lowest BCUT2D eigenvalue weighted by Crippen LogP contribution is -2.35. The molecule has 1 atom stereocenters. The monoisotopic (exact) mass is 193 g/mol. The topological polar surface area (TPSA) is 54.0 Å². The van der Waals surface area contributed by atoms with E-state index in [1.807, 2.05) is 19.9 Å². The van der Waals surface area contributed by atoms with Gasteiger partial charge in [-0.15, -0.1) is 0 Å². The van der Waals surface area contributed by atoms with E-state index >= 15 is 0 Å². The van der Waals surface area contributed by atoms with Crippen LogP contribution in [0.25, 0.3) is 0 Å². The Kier molecular flexibility index (Phi) is 3.91. The molecule has 0 spiro atoms. The molecule has 1 aromatic rings. The number of aromatic nitrogens is 1. The number of urea groups is 1. The molecular formula is C10H15N3O. The van der Waals surface area contributed by atoms with Gasteiger partial charge in [0.25, 0.3) is 0 Å². The maximum Gasteiger partial charge on any atom is 0.320 e. The van der Waals surface area contributed by atoms with Gasteiger partial charge in [0, 0.05) is 12.2 Å². The molecule has 0 fully saturated rings. The van der Waals surface area contributed by atoms with Gasteiger partial charge in [-0.3, -0.25) is 5.32 Å². The fraction of sp³-hybridized carbons (Fsp3) is 0.400. The van der Waals surface area contributed by atoms with E-state index in [9.17, 15) is 4.79 Å². The van der Waals surface area contributed by atoms with E-state index < -0.39 is 0 Å². The molecule has 1 aromatic heterocycles. The smallest absolute Gasteiger partial charge is 0.320 e. The quantitative estimate of drug-likeness (QED) is 0.771. The normalized spacial score (nSPS) is 11.9. The van der Waals surface area contributed by atoms with E-state index in [2.05, 4.69) is 15.6 Å². The summed E-state index contributed by atoms with van der Waals surface area (Å²) >= 11 is 0. The van der Waals surface area contributed by atoms with Gasteiger partial charge >= 0.3 is 6.03 Å². The predicted octanol–water partition coefficient (Wildman–Crippen LogP) is 2.00. The summed E-state index contributed by atoms with van der Waals surface area (Å²) in [7, 11) is 0. The molecule has 0 saturated heterocycles. The summed E-state index contributed by atoms with van der Waals surface area (Å²) < 4.78 is 0. The summed E-state index contributed by atoms with van der Waals surface area (Å²) in [5.41, 5.74) is 0. The number of rotatable bonds is 3. The summed E-state index contributed by atoms with van der Waals surface area (Å²) in [5.74, 6) is 0.563. The molecule has 0 aliphatic rings. The molecule has 4 heteroatoms. The van der Waals surface area contributed by atoms with Crippen LogP contribution < -0.4 is 10.6 Å². The summed E-state index contributed by atoms with van der Waals surface area (Å²) in [6.07, 6.45) is 2.55. The van der Waals surface area contributed by atoms with Crippen molar-refractivity contribution >= 4 is 11.8 Å². The number of anilines is 1. The average molecular weight is 193 g/mol. The Morgan fingerprint density at radius 3 is 2.93 bits per heavy atom. The van der Waals surface area contributed by atoms with Crippen molar-refractivity contribution in [3.63, 3.8) is 0 Å². The first-order valence-electron chi connectivity index (χ1n) is 4.71. The van der Waals surface area contributed by atoms with Crippen LogP contribution in [0.3, 0.4) is 0 Å². The van der Waals surface area contributed by atoms with E-state index in [1.165, 1.54) is 0 Å². The highest BCUT2D eigenvalue weighted by Gasteiger charge is 2.04. The van der Waals surface area contributed by atoms with Gasteiger partial charge in [0.05, 0.1) is 0 Å². The Hall–Kier alpha value is -1.58. The van der Waals surface area contributed by atoms with Crippen molar-refractivity contribution in [2.45, 2.75) is 26.3 Å². The molecular weight excluding hydrogens is 178 g/mol. The third-order valence-electron chi connectivity index (χ3n) is 1.90. The van der Waals surface area contributed by atoms with Crippen LogP contribution in [0.4, 0.5) is 10.6 Å². The van der Waals surface area contributed by atoms with Crippen LogP contribution >= 0.6 is 0 Å². The van der Waals surface area contributed by atoms with Gasteiger partial charge in [0.15, 0.2) is 0 Å². The van der Waals surface area contributed by atoms with Crippen LogP contribution in [0.5, 0.6) is 0 Å². The Morgan fingerprint density at radius 2 is 2.36 bits per heavy atom. The Bertz CT molecular complexity index is 287. The van der Waals surface area contributed by atoms with E-state index in [1.54, 1.807) is 18.3 Å². The Morgan fingerprint density at radius 1 is 1.57 bits per heavy atom. The number of hydrogen-bond acceptors (Lipinski definition) is 2. The minimum Gasteiger partial charge on any atom is -0.335 e. The van der Waals surface area contributed by atoms with Gasteiger partial charge in [0.2, 0.25) is 0 Å². The SMILES string of the molecule is CCC(C)NC(=O)Nc1ccccn1. The summed E-state index contributed by atoms with van der Waals surface area (Å²) in [6.45, 7) is 3.98. The summed E-state index contributed by atoms with van der Waals surface area (Å²) in [5, 5.41) is 5.43. The van der Waals surface area contributed by atoms with Crippen molar-refractivity contribution in [1.29, 1.82) is 0 Å². The number of carbonyl (C=O) groups is 1. The highest BCUT2D eigenvalue weighted by molar-refractivity contribution is 5.88. The third-order valence-corrected chi connectivity index (χ3v) is 1.90. The molecule has 0 bridgehead atoms. The van der Waals surface area contributed by atoms with E-state index in [4.69, 9.17) is 0 Å². The first-order chi connectivity index (χ1) is 6.72. The molecule has 2 amide bonds. The number of carbonyl (C=O) groups excluding carboxylic acids is 1. The number of amides is 2. The highest BCUT2D eigenvalue weighted by atomic mass is 16.2. The molecule has 0 saturated carbocycles. The zero-order valence-corrected chi connectivity index (χ0v) is 8.45. The molecule has 14 heavy (non-hydrogen) atoms. The fourth-order valence-electron chi connectivity index (χ4n) is 0.915. The fourth-order valence-corrected chi connectivity index (χ4v) is 0.915. The maximum absolute atomic E-state index is 11.3. The Balaban J connectivity index is 2.42. The van der Waals surface area contributed by atoms with Crippen LogP contribution in [0.2, 0.25) is 0 Å². The molecule has 0 aliphatic carbocycles. The number of pyridine rings is 1. The second-order valence-electron chi connectivity index (χ2n) is 3.12. The van der Waals surface area contributed by atoms with Crippen molar-refractivity contribution in [3.8, 4) is 0 Å².